The summed E-state index contributed by atoms with van der Waals surface area (Å²) in [6, 6.07) is 11.1. The van der Waals surface area contributed by atoms with E-state index in [-0.39, 0.29) is 4.90 Å². The highest BCUT2D eigenvalue weighted by Gasteiger charge is 2.38. The first-order chi connectivity index (χ1) is 9.72. The number of sulfonamides is 1. The van der Waals surface area contributed by atoms with Crippen LogP contribution in [-0.2, 0) is 10.0 Å². The highest BCUT2D eigenvalue weighted by molar-refractivity contribution is 7.89. The Bertz CT molecular complexity index is 738. The Hall–Kier alpha value is -1.64. The van der Waals surface area contributed by atoms with Gasteiger partial charge in [0.15, 0.2) is 6.10 Å². The highest BCUT2D eigenvalue weighted by atomic mass is 32.2. The number of nitrogens with one attached hydrogen (secondary N) is 1. The molecule has 0 bridgehead atoms. The first-order valence-corrected chi connectivity index (χ1v) is 7.42. The molecule has 0 saturated heterocycles. The average molecular weight is 319 g/mol. The summed E-state index contributed by atoms with van der Waals surface area (Å²) in [7, 11) is -4.15. The zero-order chi connectivity index (χ0) is 15.7. The van der Waals surface area contributed by atoms with E-state index in [1.165, 1.54) is 12.1 Å². The molecule has 114 valence electrons. The lowest BCUT2D eigenvalue weighted by atomic mass is 10.1. The van der Waals surface area contributed by atoms with Crippen molar-refractivity contribution in [1.29, 1.82) is 0 Å². The summed E-state index contributed by atoms with van der Waals surface area (Å²) in [6.07, 6.45) is -7.62. The van der Waals surface area contributed by atoms with E-state index in [9.17, 15) is 21.6 Å². The van der Waals surface area contributed by atoms with Crippen LogP contribution in [0.4, 0.5) is 13.2 Å². The van der Waals surface area contributed by atoms with E-state index < -0.39 is 28.8 Å². The number of aliphatic hydroxyl groups excluding tert-OH is 1. The third-order valence-electron chi connectivity index (χ3n) is 2.88. The summed E-state index contributed by atoms with van der Waals surface area (Å²) >= 11 is 0. The van der Waals surface area contributed by atoms with Crippen molar-refractivity contribution >= 4 is 20.8 Å². The van der Waals surface area contributed by atoms with Gasteiger partial charge in [0.25, 0.3) is 0 Å². The van der Waals surface area contributed by atoms with Crippen molar-refractivity contribution < 1.29 is 26.7 Å². The lowest BCUT2D eigenvalue weighted by Gasteiger charge is -2.15. The third kappa shape index (κ3) is 3.52. The summed E-state index contributed by atoms with van der Waals surface area (Å²) in [5, 5.41) is 9.90. The molecule has 0 aromatic heterocycles. The smallest absolute Gasteiger partial charge is 0.382 e. The molecule has 0 spiro atoms. The molecule has 2 aromatic carbocycles. The van der Waals surface area contributed by atoms with Gasteiger partial charge in [-0.2, -0.15) is 13.2 Å². The largest absolute Gasteiger partial charge is 0.415 e. The van der Waals surface area contributed by atoms with Gasteiger partial charge in [-0.15, -0.1) is 0 Å². The molecule has 0 amide bonds. The second-order valence-electron chi connectivity index (χ2n) is 4.39. The monoisotopic (exact) mass is 319 g/mol. The number of fused-ring (bicyclic) bond motifs is 1. The van der Waals surface area contributed by atoms with Crippen molar-refractivity contribution in [3.63, 3.8) is 0 Å². The van der Waals surface area contributed by atoms with Gasteiger partial charge < -0.3 is 5.11 Å². The minimum absolute atomic E-state index is 0.130. The van der Waals surface area contributed by atoms with Crippen molar-refractivity contribution in [2.45, 2.75) is 17.2 Å². The van der Waals surface area contributed by atoms with Gasteiger partial charge in [0.1, 0.15) is 0 Å². The molecule has 8 heteroatoms. The van der Waals surface area contributed by atoms with Crippen LogP contribution >= 0.6 is 0 Å². The fourth-order valence-corrected chi connectivity index (χ4v) is 3.08. The standard InChI is InChI=1S/C13H12F3NO3S/c14-13(15,16)12(18)8-17-21(19,20)11-7-3-5-9-4-1-2-6-10(9)11/h1-7,12,17-18H,8H2. The third-order valence-corrected chi connectivity index (χ3v) is 4.37. The van der Waals surface area contributed by atoms with E-state index in [2.05, 4.69) is 0 Å². The van der Waals surface area contributed by atoms with E-state index in [0.717, 1.165) is 0 Å². The molecule has 2 aromatic rings. The molecule has 1 unspecified atom stereocenters. The molecule has 0 saturated carbocycles. The zero-order valence-corrected chi connectivity index (χ0v) is 11.4. The van der Waals surface area contributed by atoms with E-state index in [4.69, 9.17) is 5.11 Å². The Labute approximate surface area is 119 Å². The first-order valence-electron chi connectivity index (χ1n) is 5.94. The molecule has 0 aliphatic rings. The van der Waals surface area contributed by atoms with Gasteiger partial charge in [-0.05, 0) is 11.5 Å². The van der Waals surface area contributed by atoms with Gasteiger partial charge in [-0.25, -0.2) is 13.1 Å². The Morgan fingerprint density at radius 2 is 1.71 bits per heavy atom. The fraction of sp³-hybridized carbons (Fsp3) is 0.231. The lowest BCUT2D eigenvalue weighted by molar-refractivity contribution is -0.200. The summed E-state index contributed by atoms with van der Waals surface area (Å²) in [5.41, 5.74) is 0. The van der Waals surface area contributed by atoms with Crippen LogP contribution in [0.15, 0.2) is 47.4 Å². The van der Waals surface area contributed by atoms with Crippen LogP contribution in [-0.4, -0.2) is 32.3 Å². The Morgan fingerprint density at radius 1 is 1.10 bits per heavy atom. The van der Waals surface area contributed by atoms with Gasteiger partial charge in [0.2, 0.25) is 10.0 Å². The molecule has 4 nitrogen and oxygen atoms in total. The number of alkyl halides is 3. The zero-order valence-electron chi connectivity index (χ0n) is 10.6. The normalized spacial score (nSPS) is 14.3. The number of hydrogen-bond donors (Lipinski definition) is 2. The van der Waals surface area contributed by atoms with Gasteiger partial charge in [-0.3, -0.25) is 0 Å². The molecule has 0 heterocycles. The summed E-state index contributed by atoms with van der Waals surface area (Å²) < 4.78 is 62.5. The maximum atomic E-state index is 12.2. The lowest BCUT2D eigenvalue weighted by Crippen LogP contribution is -2.40. The SMILES string of the molecule is O=S(=O)(NCC(O)C(F)(F)F)c1cccc2ccccc12. The number of aliphatic hydroxyl groups is 1. The average Bonchev–Trinajstić information content (AvgIpc) is 2.43. The van der Waals surface area contributed by atoms with Crippen LogP contribution in [0.3, 0.4) is 0 Å². The summed E-state index contributed by atoms with van der Waals surface area (Å²) in [4.78, 5) is -0.130. The van der Waals surface area contributed by atoms with Crippen molar-refractivity contribution in [2.75, 3.05) is 6.54 Å². The second-order valence-corrected chi connectivity index (χ2v) is 6.12. The van der Waals surface area contributed by atoms with Crippen LogP contribution in [0.25, 0.3) is 10.8 Å². The maximum Gasteiger partial charge on any atom is 0.415 e. The molecule has 0 radical (unpaired) electrons. The minimum Gasteiger partial charge on any atom is -0.382 e. The van der Waals surface area contributed by atoms with Crippen LogP contribution in [0.5, 0.6) is 0 Å². The fourth-order valence-electron chi connectivity index (χ4n) is 1.81. The minimum atomic E-state index is -4.87. The number of halogens is 3. The van der Waals surface area contributed by atoms with Crippen molar-refractivity contribution in [2.24, 2.45) is 0 Å². The maximum absolute atomic E-state index is 12.2. The number of benzene rings is 2. The predicted molar refractivity (Wildman–Crippen MR) is 71.2 cm³/mol. The van der Waals surface area contributed by atoms with Crippen LogP contribution in [0.2, 0.25) is 0 Å². The van der Waals surface area contributed by atoms with Crippen LogP contribution in [0.1, 0.15) is 0 Å². The molecule has 0 aliphatic carbocycles. The number of hydrogen-bond acceptors (Lipinski definition) is 3. The van der Waals surface area contributed by atoms with Gasteiger partial charge in [-0.1, -0.05) is 36.4 Å². The van der Waals surface area contributed by atoms with Crippen molar-refractivity contribution in [3.05, 3.63) is 42.5 Å². The van der Waals surface area contributed by atoms with Gasteiger partial charge in [0, 0.05) is 11.9 Å². The molecule has 0 aliphatic heterocycles. The predicted octanol–water partition coefficient (Wildman–Crippen LogP) is 2.04. The second kappa shape index (κ2) is 5.63. The van der Waals surface area contributed by atoms with Crippen molar-refractivity contribution in [1.82, 2.24) is 4.72 Å². The van der Waals surface area contributed by atoms with E-state index in [0.29, 0.717) is 10.8 Å². The van der Waals surface area contributed by atoms with E-state index in [1.54, 1.807) is 35.1 Å². The summed E-state index contributed by atoms with van der Waals surface area (Å²) in [6.45, 7) is -1.13. The highest BCUT2D eigenvalue weighted by Crippen LogP contribution is 2.23. The molecule has 2 N–H and O–H groups in total. The van der Waals surface area contributed by atoms with Gasteiger partial charge in [0.05, 0.1) is 4.90 Å². The molecule has 2 rings (SSSR count). The Morgan fingerprint density at radius 3 is 2.38 bits per heavy atom. The molecule has 0 fully saturated rings. The van der Waals surface area contributed by atoms with Crippen LogP contribution < -0.4 is 4.72 Å². The molecule has 21 heavy (non-hydrogen) atoms. The molecular formula is C13H12F3NO3S. The van der Waals surface area contributed by atoms with E-state index in [1.807, 2.05) is 0 Å². The van der Waals surface area contributed by atoms with Crippen LogP contribution in [0, 0.1) is 0 Å². The Kier molecular flexibility index (Phi) is 4.22. The number of rotatable bonds is 4. The quantitative estimate of drug-likeness (QED) is 0.906. The molecular weight excluding hydrogens is 307 g/mol. The molecule has 1 atom stereocenters. The topological polar surface area (TPSA) is 66.4 Å². The van der Waals surface area contributed by atoms with Gasteiger partial charge >= 0.3 is 6.18 Å². The Balaban J connectivity index is 2.31. The van der Waals surface area contributed by atoms with Crippen molar-refractivity contribution in [3.8, 4) is 0 Å². The van der Waals surface area contributed by atoms with E-state index >= 15 is 0 Å². The first kappa shape index (κ1) is 15.7. The summed E-state index contributed by atoms with van der Waals surface area (Å²) in [5.74, 6) is 0.